The molecule has 4 aromatic rings. The standard InChI is InChI=1S/C26H25N3O2S2/c1-2-18-11-13-20(14-12-18)29(26-27-21-8-3-4-9-22(21)33-26)24(30)19-7-5-15-28(17-19)25(31)23-10-6-16-32-23/h3-4,6,8-14,16,19H,2,5,7,15,17H2,1H3. The van der Waals surface area contributed by atoms with Crippen LogP contribution < -0.4 is 4.90 Å². The van der Waals surface area contributed by atoms with Gasteiger partial charge in [0.2, 0.25) is 5.91 Å². The number of anilines is 2. The molecule has 1 atom stereocenters. The van der Waals surface area contributed by atoms with Gasteiger partial charge in [-0.1, -0.05) is 48.6 Å². The van der Waals surface area contributed by atoms with E-state index in [0.717, 1.165) is 40.0 Å². The average molecular weight is 476 g/mol. The van der Waals surface area contributed by atoms with Gasteiger partial charge in [-0.15, -0.1) is 11.3 Å². The molecular weight excluding hydrogens is 450 g/mol. The lowest BCUT2D eigenvalue weighted by Crippen LogP contribution is -2.45. The second-order valence-corrected chi connectivity index (χ2v) is 10.2. The molecular formula is C26H25N3O2S2. The maximum Gasteiger partial charge on any atom is 0.263 e. The molecule has 33 heavy (non-hydrogen) atoms. The molecule has 1 fully saturated rings. The van der Waals surface area contributed by atoms with E-state index in [1.54, 1.807) is 4.90 Å². The zero-order valence-corrected chi connectivity index (χ0v) is 20.1. The molecule has 2 aromatic carbocycles. The summed E-state index contributed by atoms with van der Waals surface area (Å²) in [7, 11) is 0. The molecule has 1 unspecified atom stereocenters. The van der Waals surface area contributed by atoms with Gasteiger partial charge in [0, 0.05) is 13.1 Å². The van der Waals surface area contributed by atoms with Crippen molar-refractivity contribution in [3.05, 3.63) is 76.5 Å². The lowest BCUT2D eigenvalue weighted by atomic mass is 9.96. The third-order valence-corrected chi connectivity index (χ3v) is 7.97. The minimum atomic E-state index is -0.263. The van der Waals surface area contributed by atoms with Gasteiger partial charge in [0.25, 0.3) is 5.91 Å². The fourth-order valence-electron chi connectivity index (χ4n) is 4.27. The van der Waals surface area contributed by atoms with Crippen molar-refractivity contribution in [3.8, 4) is 0 Å². The largest absolute Gasteiger partial charge is 0.337 e. The van der Waals surface area contributed by atoms with Gasteiger partial charge in [0.15, 0.2) is 5.13 Å². The molecule has 2 aromatic heterocycles. The normalized spacial score (nSPS) is 16.2. The summed E-state index contributed by atoms with van der Waals surface area (Å²) in [5.41, 5.74) is 2.93. The number of aromatic nitrogens is 1. The minimum absolute atomic E-state index is 0.00184. The number of benzene rings is 2. The summed E-state index contributed by atoms with van der Waals surface area (Å²) >= 11 is 2.97. The molecule has 0 saturated carbocycles. The van der Waals surface area contributed by atoms with E-state index in [-0.39, 0.29) is 17.7 Å². The first-order chi connectivity index (χ1) is 16.1. The maximum atomic E-state index is 13.9. The Morgan fingerprint density at radius 2 is 1.91 bits per heavy atom. The van der Waals surface area contributed by atoms with Gasteiger partial charge >= 0.3 is 0 Å². The smallest absolute Gasteiger partial charge is 0.263 e. The predicted octanol–water partition coefficient (Wildman–Crippen LogP) is 6.14. The fourth-order valence-corrected chi connectivity index (χ4v) is 5.95. The van der Waals surface area contributed by atoms with Crippen LogP contribution in [0.15, 0.2) is 66.0 Å². The van der Waals surface area contributed by atoms with Crippen LogP contribution in [0.3, 0.4) is 0 Å². The van der Waals surface area contributed by atoms with Crippen LogP contribution in [-0.2, 0) is 11.2 Å². The molecule has 0 spiro atoms. The van der Waals surface area contributed by atoms with Gasteiger partial charge in [-0.3, -0.25) is 14.5 Å². The van der Waals surface area contributed by atoms with Crippen LogP contribution in [-0.4, -0.2) is 34.8 Å². The summed E-state index contributed by atoms with van der Waals surface area (Å²) in [6, 6.07) is 19.8. The quantitative estimate of drug-likeness (QED) is 0.348. The third-order valence-electron chi connectivity index (χ3n) is 6.09. The molecule has 2 amide bonds. The highest BCUT2D eigenvalue weighted by molar-refractivity contribution is 7.22. The molecule has 0 aliphatic carbocycles. The van der Waals surface area contributed by atoms with E-state index in [0.29, 0.717) is 18.2 Å². The second-order valence-electron chi connectivity index (χ2n) is 8.23. The number of carbonyl (C=O) groups excluding carboxylic acids is 2. The summed E-state index contributed by atoms with van der Waals surface area (Å²) in [5, 5.41) is 2.58. The van der Waals surface area contributed by atoms with E-state index in [2.05, 4.69) is 19.1 Å². The zero-order chi connectivity index (χ0) is 22.8. The van der Waals surface area contributed by atoms with Gasteiger partial charge in [-0.2, -0.15) is 0 Å². The van der Waals surface area contributed by atoms with Gasteiger partial charge in [0.05, 0.1) is 26.7 Å². The van der Waals surface area contributed by atoms with E-state index >= 15 is 0 Å². The Labute approximate surface area is 201 Å². The molecule has 1 aliphatic rings. The topological polar surface area (TPSA) is 53.5 Å². The molecule has 168 valence electrons. The van der Waals surface area contributed by atoms with E-state index in [9.17, 15) is 9.59 Å². The molecule has 0 bridgehead atoms. The van der Waals surface area contributed by atoms with Gasteiger partial charge < -0.3 is 4.90 Å². The van der Waals surface area contributed by atoms with Crippen LogP contribution >= 0.6 is 22.7 Å². The maximum absolute atomic E-state index is 13.9. The number of thiazole rings is 1. The summed E-state index contributed by atoms with van der Waals surface area (Å²) in [4.78, 5) is 36.0. The van der Waals surface area contributed by atoms with E-state index in [1.807, 2.05) is 58.8 Å². The van der Waals surface area contributed by atoms with Crippen molar-refractivity contribution in [1.82, 2.24) is 9.88 Å². The van der Waals surface area contributed by atoms with Crippen molar-refractivity contribution in [2.24, 2.45) is 5.92 Å². The monoisotopic (exact) mass is 475 g/mol. The van der Waals surface area contributed by atoms with Gasteiger partial charge in [-0.05, 0) is 60.5 Å². The van der Waals surface area contributed by atoms with Crippen molar-refractivity contribution in [3.63, 3.8) is 0 Å². The Kier molecular flexibility index (Phi) is 6.24. The Bertz CT molecular complexity index is 1230. The first-order valence-corrected chi connectivity index (χ1v) is 12.9. The van der Waals surface area contributed by atoms with Crippen LogP contribution in [0.25, 0.3) is 10.2 Å². The second kappa shape index (κ2) is 9.45. The number of likely N-dealkylation sites (tertiary alicyclic amines) is 1. The summed E-state index contributed by atoms with van der Waals surface area (Å²) in [5.74, 6) is -0.246. The number of hydrogen-bond acceptors (Lipinski definition) is 5. The minimum Gasteiger partial charge on any atom is -0.337 e. The Morgan fingerprint density at radius 1 is 1.09 bits per heavy atom. The summed E-state index contributed by atoms with van der Waals surface area (Å²) in [6.07, 6.45) is 2.52. The van der Waals surface area contributed by atoms with Crippen molar-refractivity contribution in [2.75, 3.05) is 18.0 Å². The number of fused-ring (bicyclic) bond motifs is 1. The number of rotatable bonds is 5. The highest BCUT2D eigenvalue weighted by atomic mass is 32.1. The van der Waals surface area contributed by atoms with Crippen molar-refractivity contribution in [1.29, 1.82) is 0 Å². The first-order valence-electron chi connectivity index (χ1n) is 11.3. The fraction of sp³-hybridized carbons (Fsp3) is 0.269. The van der Waals surface area contributed by atoms with Crippen LogP contribution in [0.4, 0.5) is 10.8 Å². The van der Waals surface area contributed by atoms with E-state index < -0.39 is 0 Å². The zero-order valence-electron chi connectivity index (χ0n) is 18.4. The molecule has 3 heterocycles. The first kappa shape index (κ1) is 21.8. The molecule has 1 saturated heterocycles. The Balaban J connectivity index is 1.47. The molecule has 5 nitrogen and oxygen atoms in total. The van der Waals surface area contributed by atoms with E-state index in [1.165, 1.54) is 28.2 Å². The van der Waals surface area contributed by atoms with Crippen LogP contribution in [0.5, 0.6) is 0 Å². The Hall–Kier alpha value is -3.03. The molecule has 5 rings (SSSR count). The Morgan fingerprint density at radius 3 is 2.64 bits per heavy atom. The number of amides is 2. The summed E-state index contributed by atoms with van der Waals surface area (Å²) < 4.78 is 1.05. The van der Waals surface area contributed by atoms with Crippen molar-refractivity contribution < 1.29 is 9.59 Å². The van der Waals surface area contributed by atoms with Gasteiger partial charge in [-0.25, -0.2) is 4.98 Å². The highest BCUT2D eigenvalue weighted by Crippen LogP contribution is 2.36. The van der Waals surface area contributed by atoms with Crippen LogP contribution in [0.1, 0.15) is 35.0 Å². The number of nitrogens with zero attached hydrogens (tertiary/aromatic N) is 3. The molecule has 0 radical (unpaired) electrons. The number of hydrogen-bond donors (Lipinski definition) is 0. The number of carbonyl (C=O) groups is 2. The van der Waals surface area contributed by atoms with Crippen molar-refractivity contribution >= 4 is 55.5 Å². The number of piperidine rings is 1. The highest BCUT2D eigenvalue weighted by Gasteiger charge is 2.34. The number of aryl methyl sites for hydroxylation is 1. The number of para-hydroxylation sites is 1. The SMILES string of the molecule is CCc1ccc(N(C(=O)C2CCCN(C(=O)c3cccs3)C2)c2nc3ccccc3s2)cc1. The summed E-state index contributed by atoms with van der Waals surface area (Å²) in [6.45, 7) is 3.24. The van der Waals surface area contributed by atoms with Crippen LogP contribution in [0, 0.1) is 5.92 Å². The number of thiophene rings is 1. The van der Waals surface area contributed by atoms with Crippen molar-refractivity contribution in [2.45, 2.75) is 26.2 Å². The molecule has 1 aliphatic heterocycles. The van der Waals surface area contributed by atoms with E-state index in [4.69, 9.17) is 4.98 Å². The van der Waals surface area contributed by atoms with Crippen LogP contribution in [0.2, 0.25) is 0 Å². The third kappa shape index (κ3) is 4.43. The molecule has 7 heteroatoms. The van der Waals surface area contributed by atoms with Gasteiger partial charge in [0.1, 0.15) is 0 Å². The molecule has 0 N–H and O–H groups in total. The lowest BCUT2D eigenvalue weighted by molar-refractivity contribution is -0.122. The predicted molar refractivity (Wildman–Crippen MR) is 136 cm³/mol. The lowest BCUT2D eigenvalue weighted by Gasteiger charge is -2.34. The average Bonchev–Trinajstić information content (AvgIpc) is 3.54.